The molecule has 2 aromatic rings. The summed E-state index contributed by atoms with van der Waals surface area (Å²) in [5.74, 6) is 0.755. The average molecular weight is 416 g/mol. The number of amidine groups is 1. The van der Waals surface area contributed by atoms with Crippen molar-refractivity contribution in [1.29, 1.82) is 0 Å². The summed E-state index contributed by atoms with van der Waals surface area (Å²) in [5, 5.41) is 2.74. The van der Waals surface area contributed by atoms with Crippen LogP contribution in [0.2, 0.25) is 0 Å². The number of benzene rings is 2. The van der Waals surface area contributed by atoms with Crippen molar-refractivity contribution in [3.05, 3.63) is 53.6 Å². The van der Waals surface area contributed by atoms with Gasteiger partial charge in [-0.25, -0.2) is 8.42 Å². The second-order valence-electron chi connectivity index (χ2n) is 6.91. The summed E-state index contributed by atoms with van der Waals surface area (Å²) in [6.45, 7) is 2.52. The van der Waals surface area contributed by atoms with E-state index in [9.17, 15) is 13.2 Å². The molecule has 0 bridgehead atoms. The lowest BCUT2D eigenvalue weighted by Gasteiger charge is -2.12. The van der Waals surface area contributed by atoms with E-state index < -0.39 is 10.0 Å². The third-order valence-electron chi connectivity index (χ3n) is 4.70. The number of nitrogens with zero attached hydrogens (tertiary/aromatic N) is 1. The highest BCUT2D eigenvalue weighted by Crippen LogP contribution is 2.21. The summed E-state index contributed by atoms with van der Waals surface area (Å²) in [5.41, 5.74) is 1.73. The van der Waals surface area contributed by atoms with E-state index in [0.29, 0.717) is 35.8 Å². The molecule has 154 valence electrons. The van der Waals surface area contributed by atoms with Gasteiger partial charge < -0.3 is 10.1 Å². The highest BCUT2D eigenvalue weighted by Gasteiger charge is 2.18. The predicted octanol–water partition coefficient (Wildman–Crippen LogP) is 3.51. The van der Waals surface area contributed by atoms with Crippen molar-refractivity contribution < 1.29 is 17.9 Å². The van der Waals surface area contributed by atoms with Crippen LogP contribution in [0, 0.1) is 6.92 Å². The maximum atomic E-state index is 12.7. The van der Waals surface area contributed by atoms with Crippen molar-refractivity contribution in [2.75, 3.05) is 19.0 Å². The zero-order valence-electron chi connectivity index (χ0n) is 16.6. The Labute approximate surface area is 171 Å². The van der Waals surface area contributed by atoms with Crippen molar-refractivity contribution in [1.82, 2.24) is 4.72 Å². The fourth-order valence-electron chi connectivity index (χ4n) is 3.08. The Hall–Kier alpha value is -2.87. The van der Waals surface area contributed by atoms with E-state index >= 15 is 0 Å². The van der Waals surface area contributed by atoms with Gasteiger partial charge in [-0.1, -0.05) is 18.6 Å². The number of methoxy groups -OCH3 is 1. The summed E-state index contributed by atoms with van der Waals surface area (Å²) in [4.78, 5) is 16.9. The summed E-state index contributed by atoms with van der Waals surface area (Å²) < 4.78 is 33.3. The smallest absolute Gasteiger partial charge is 0.262 e. The van der Waals surface area contributed by atoms with Gasteiger partial charge in [0.05, 0.1) is 12.0 Å². The number of amides is 1. The number of aryl methyl sites for hydroxylation is 1. The van der Waals surface area contributed by atoms with Crippen LogP contribution in [-0.4, -0.2) is 33.8 Å². The van der Waals surface area contributed by atoms with Crippen LogP contribution in [0.3, 0.4) is 0 Å². The van der Waals surface area contributed by atoms with E-state index in [1.165, 1.54) is 12.1 Å². The zero-order chi connectivity index (χ0) is 20.9. The molecule has 0 spiro atoms. The molecular weight excluding hydrogens is 390 g/mol. The first-order chi connectivity index (χ1) is 13.9. The maximum Gasteiger partial charge on any atom is 0.262 e. The number of sulfonamides is 1. The third-order valence-corrected chi connectivity index (χ3v) is 6.08. The predicted molar refractivity (Wildman–Crippen MR) is 113 cm³/mol. The second-order valence-corrected chi connectivity index (χ2v) is 8.59. The van der Waals surface area contributed by atoms with Crippen molar-refractivity contribution in [3.63, 3.8) is 0 Å². The first-order valence-corrected chi connectivity index (χ1v) is 11.0. The van der Waals surface area contributed by atoms with E-state index in [0.717, 1.165) is 24.8 Å². The van der Waals surface area contributed by atoms with Gasteiger partial charge in [0.2, 0.25) is 0 Å². The van der Waals surface area contributed by atoms with Gasteiger partial charge in [0.25, 0.3) is 15.9 Å². The number of aliphatic imine (C=N–C) groups is 1. The Morgan fingerprint density at radius 2 is 1.93 bits per heavy atom. The molecule has 3 rings (SSSR count). The van der Waals surface area contributed by atoms with Crippen LogP contribution in [0.25, 0.3) is 0 Å². The van der Waals surface area contributed by atoms with E-state index in [1.54, 1.807) is 37.4 Å². The Morgan fingerprint density at radius 1 is 1.10 bits per heavy atom. The second kappa shape index (κ2) is 9.09. The number of anilines is 1. The van der Waals surface area contributed by atoms with E-state index in [4.69, 9.17) is 4.74 Å². The third kappa shape index (κ3) is 5.35. The Morgan fingerprint density at radius 3 is 2.72 bits per heavy atom. The molecule has 2 N–H and O–H groups in total. The van der Waals surface area contributed by atoms with Crippen molar-refractivity contribution in [3.8, 4) is 5.75 Å². The average Bonchev–Trinajstić information content (AvgIpc) is 2.96. The fraction of sp³-hybridized carbons (Fsp3) is 0.333. The number of carbonyl (C=O) groups is 1. The molecule has 1 amide bonds. The number of hydrogen-bond donors (Lipinski definition) is 2. The lowest BCUT2D eigenvalue weighted by molar-refractivity contribution is 0.102. The van der Waals surface area contributed by atoms with Gasteiger partial charge in [-0.15, -0.1) is 0 Å². The Balaban J connectivity index is 1.76. The van der Waals surface area contributed by atoms with Crippen LogP contribution in [0.1, 0.15) is 41.6 Å². The molecule has 2 aromatic carbocycles. The molecule has 7 nitrogen and oxygen atoms in total. The molecular formula is C21H25N3O4S. The molecule has 0 unspecified atom stereocenters. The lowest BCUT2D eigenvalue weighted by Crippen LogP contribution is -2.30. The minimum atomic E-state index is -3.77. The molecule has 1 heterocycles. The van der Waals surface area contributed by atoms with Gasteiger partial charge in [-0.2, -0.15) is 0 Å². The summed E-state index contributed by atoms with van der Waals surface area (Å²) in [7, 11) is -2.22. The van der Waals surface area contributed by atoms with E-state index in [1.807, 2.05) is 6.92 Å². The molecule has 8 heteroatoms. The topological polar surface area (TPSA) is 96.9 Å². The monoisotopic (exact) mass is 415 g/mol. The molecule has 29 heavy (non-hydrogen) atoms. The summed E-state index contributed by atoms with van der Waals surface area (Å²) in [6, 6.07) is 11.3. The SMILES string of the molecule is COc1cc(C(=O)Nc2cccc(S(=O)(=O)NC3=NCCCCC3)c2)ccc1C. The minimum absolute atomic E-state index is 0.0729. The van der Waals surface area contributed by atoms with Gasteiger partial charge in [0.1, 0.15) is 11.6 Å². The molecule has 1 aliphatic rings. The first-order valence-electron chi connectivity index (χ1n) is 9.51. The van der Waals surface area contributed by atoms with Crippen LogP contribution < -0.4 is 14.8 Å². The normalized spacial score (nSPS) is 14.5. The van der Waals surface area contributed by atoms with Crippen LogP contribution >= 0.6 is 0 Å². The van der Waals surface area contributed by atoms with Gasteiger partial charge in [-0.3, -0.25) is 14.5 Å². The fourth-order valence-corrected chi connectivity index (χ4v) is 4.21. The largest absolute Gasteiger partial charge is 0.496 e. The van der Waals surface area contributed by atoms with Crippen molar-refractivity contribution >= 4 is 27.5 Å². The van der Waals surface area contributed by atoms with Crippen molar-refractivity contribution in [2.24, 2.45) is 4.99 Å². The highest BCUT2D eigenvalue weighted by molar-refractivity contribution is 7.90. The van der Waals surface area contributed by atoms with Gasteiger partial charge in [-0.05, 0) is 55.7 Å². The van der Waals surface area contributed by atoms with Crippen LogP contribution in [0.4, 0.5) is 5.69 Å². The van der Waals surface area contributed by atoms with Gasteiger partial charge in [0.15, 0.2) is 0 Å². The summed E-state index contributed by atoms with van der Waals surface area (Å²) in [6.07, 6.45) is 3.54. The van der Waals surface area contributed by atoms with Crippen LogP contribution in [0.15, 0.2) is 52.4 Å². The Bertz CT molecular complexity index is 1030. The standard InChI is InChI=1S/C21H25N3O4S/c1-15-10-11-16(13-19(15)28-2)21(25)23-17-7-6-8-18(14-17)29(26,27)24-20-9-4-3-5-12-22-20/h6-8,10-11,13-14H,3-5,9,12H2,1-2H3,(H,22,24)(H,23,25). The van der Waals surface area contributed by atoms with Gasteiger partial charge >= 0.3 is 0 Å². The molecule has 1 aliphatic heterocycles. The first kappa shape index (κ1) is 20.9. The van der Waals surface area contributed by atoms with E-state index in [2.05, 4.69) is 15.0 Å². The number of ether oxygens (including phenoxy) is 1. The molecule has 0 fully saturated rings. The molecule has 0 atom stereocenters. The minimum Gasteiger partial charge on any atom is -0.496 e. The van der Waals surface area contributed by atoms with E-state index in [-0.39, 0.29) is 10.8 Å². The molecule has 0 saturated heterocycles. The van der Waals surface area contributed by atoms with Crippen molar-refractivity contribution in [2.45, 2.75) is 37.5 Å². The quantitative estimate of drug-likeness (QED) is 0.781. The number of carbonyl (C=O) groups excluding carboxylic acids is 1. The van der Waals surface area contributed by atoms with Crippen LogP contribution in [0.5, 0.6) is 5.75 Å². The van der Waals surface area contributed by atoms with Crippen LogP contribution in [-0.2, 0) is 10.0 Å². The van der Waals surface area contributed by atoms with Gasteiger partial charge in [0, 0.05) is 24.2 Å². The highest BCUT2D eigenvalue weighted by atomic mass is 32.2. The number of rotatable bonds is 5. The number of nitrogens with one attached hydrogen (secondary N) is 2. The number of hydrogen-bond acceptors (Lipinski definition) is 5. The Kier molecular flexibility index (Phi) is 6.53. The molecule has 0 aliphatic carbocycles. The maximum absolute atomic E-state index is 12.7. The molecule has 0 saturated carbocycles. The summed E-state index contributed by atoms with van der Waals surface area (Å²) >= 11 is 0. The lowest BCUT2D eigenvalue weighted by atomic mass is 10.1. The molecule has 0 radical (unpaired) electrons. The molecule has 0 aromatic heterocycles. The zero-order valence-corrected chi connectivity index (χ0v) is 17.4.